The van der Waals surface area contributed by atoms with Crippen molar-refractivity contribution in [1.29, 1.82) is 10.5 Å². The van der Waals surface area contributed by atoms with Crippen LogP contribution in [0.25, 0.3) is 42.3 Å². The van der Waals surface area contributed by atoms with Gasteiger partial charge in [0.05, 0.1) is 19.5 Å². The molecule has 6 aromatic heterocycles. The molecule has 0 amide bonds. The average Bonchev–Trinajstić information content (AvgIpc) is 3.83. The highest BCUT2D eigenvalue weighted by molar-refractivity contribution is 7.17. The van der Waals surface area contributed by atoms with Crippen molar-refractivity contribution >= 4 is 56.8 Å². The molecule has 0 atom stereocenters. The van der Waals surface area contributed by atoms with Gasteiger partial charge in [-0.1, -0.05) is 0 Å². The van der Waals surface area contributed by atoms with E-state index in [0.29, 0.717) is 45.6 Å². The van der Waals surface area contributed by atoms with E-state index in [1.807, 2.05) is 88.6 Å². The monoisotopic (exact) mass is 644 g/mol. The van der Waals surface area contributed by atoms with Crippen molar-refractivity contribution in [1.82, 2.24) is 19.9 Å². The molecule has 0 radical (unpaired) electrons. The zero-order valence-electron chi connectivity index (χ0n) is 23.8. The number of hydrogen-bond donors (Lipinski definition) is 0. The average molecular weight is 645 g/mol. The summed E-state index contributed by atoms with van der Waals surface area (Å²) >= 11 is 6.44. The summed E-state index contributed by atoms with van der Waals surface area (Å²) in [6.45, 7) is 8.17. The highest BCUT2D eigenvalue weighted by Crippen LogP contribution is 2.41. The van der Waals surface area contributed by atoms with E-state index < -0.39 is 0 Å². The maximum atomic E-state index is 9.88. The first-order valence-electron chi connectivity index (χ1n) is 13.4. The molecule has 0 aromatic carbocycles. The van der Waals surface area contributed by atoms with E-state index in [1.54, 1.807) is 45.3 Å². The summed E-state index contributed by atoms with van der Waals surface area (Å²) in [6, 6.07) is 16.3. The number of aryl methyl sites for hydroxylation is 4. The zero-order valence-corrected chi connectivity index (χ0v) is 27.1. The Balaban J connectivity index is 1.57. The second kappa shape index (κ2) is 11.1. The Kier molecular flexibility index (Phi) is 7.07. The second-order valence-electron chi connectivity index (χ2n) is 10.00. The Morgan fingerprint density at radius 3 is 0.864 bits per heavy atom. The van der Waals surface area contributed by atoms with Crippen molar-refractivity contribution in [3.63, 3.8) is 0 Å². The molecule has 8 nitrogen and oxygen atoms in total. The fourth-order valence-corrected chi connectivity index (χ4v) is 8.43. The van der Waals surface area contributed by atoms with Gasteiger partial charge in [-0.05, 0) is 76.2 Å². The lowest BCUT2D eigenvalue weighted by molar-refractivity contribution is 1.10. The van der Waals surface area contributed by atoms with Gasteiger partial charge in [0, 0.05) is 19.5 Å². The maximum Gasteiger partial charge on any atom is 0.206 e. The standard InChI is InChI=1S/C32H20N8S4/c1-15-5-9-19(41-15)23-24(20-10-6-16(2)42-20)38-30-28(36-14-34)32-31(27(35-13-33)29(30)37-23)39-25(21-11-7-17(3)43-21)26(40-32)22-12-8-18(4)44-22/h5-12H,1-4H3. The van der Waals surface area contributed by atoms with Crippen LogP contribution in [0.4, 0.5) is 0 Å². The summed E-state index contributed by atoms with van der Waals surface area (Å²) in [4.78, 5) is 37.3. The minimum absolute atomic E-state index is 0.251. The smallest absolute Gasteiger partial charge is 0.206 e. The molecule has 212 valence electrons. The van der Waals surface area contributed by atoms with E-state index in [1.165, 1.54) is 0 Å². The molecule has 44 heavy (non-hydrogen) atoms. The molecule has 0 N–H and O–H groups in total. The molecular formula is C32H20N8S4. The van der Waals surface area contributed by atoms with Crippen molar-refractivity contribution < 1.29 is 0 Å². The molecule has 7 rings (SSSR count). The number of nitrogens with zero attached hydrogens (tertiary/aromatic N) is 8. The molecule has 1 aliphatic carbocycles. The van der Waals surface area contributed by atoms with Crippen LogP contribution in [0.2, 0.25) is 0 Å². The molecule has 0 bridgehead atoms. The van der Waals surface area contributed by atoms with Crippen LogP contribution >= 0.6 is 45.3 Å². The second-order valence-corrected chi connectivity index (χ2v) is 15.1. The number of fused-ring (bicyclic) bond motifs is 2. The fourth-order valence-electron chi connectivity index (χ4n) is 5.00. The van der Waals surface area contributed by atoms with Crippen molar-refractivity contribution in [2.24, 2.45) is 9.98 Å². The molecule has 6 aromatic rings. The van der Waals surface area contributed by atoms with Crippen LogP contribution in [0.5, 0.6) is 0 Å². The fraction of sp³-hybridized carbons (Fsp3) is 0.125. The van der Waals surface area contributed by atoms with Crippen LogP contribution in [0.15, 0.2) is 58.5 Å². The van der Waals surface area contributed by atoms with E-state index in [-0.39, 0.29) is 11.4 Å². The number of nitriles is 2. The summed E-state index contributed by atoms with van der Waals surface area (Å²) in [5, 5.41) is 19.8. The molecule has 6 heterocycles. The normalized spacial score (nSPS) is 12.0. The van der Waals surface area contributed by atoms with Crippen LogP contribution in [0.3, 0.4) is 0 Å². The third-order valence-electron chi connectivity index (χ3n) is 6.91. The molecule has 1 aliphatic rings. The lowest BCUT2D eigenvalue weighted by atomic mass is 9.94. The molecule has 0 aliphatic heterocycles. The molecule has 0 fully saturated rings. The summed E-state index contributed by atoms with van der Waals surface area (Å²) in [7, 11) is 0. The Morgan fingerprint density at radius 1 is 0.432 bits per heavy atom. The Morgan fingerprint density at radius 2 is 0.682 bits per heavy atom. The van der Waals surface area contributed by atoms with Gasteiger partial charge in [0.1, 0.15) is 57.0 Å². The van der Waals surface area contributed by atoms with Gasteiger partial charge in [-0.15, -0.1) is 45.3 Å². The van der Waals surface area contributed by atoms with E-state index >= 15 is 0 Å². The molecular weight excluding hydrogens is 625 g/mol. The quantitative estimate of drug-likeness (QED) is 0.177. The van der Waals surface area contributed by atoms with Gasteiger partial charge in [-0.3, -0.25) is 0 Å². The van der Waals surface area contributed by atoms with Crippen molar-refractivity contribution in [3.05, 3.63) is 90.8 Å². The first-order chi connectivity index (χ1) is 21.3. The minimum Gasteiger partial charge on any atom is -0.240 e. The van der Waals surface area contributed by atoms with Crippen molar-refractivity contribution in [2.75, 3.05) is 0 Å². The molecule has 12 heteroatoms. The van der Waals surface area contributed by atoms with E-state index in [9.17, 15) is 10.5 Å². The minimum atomic E-state index is 0.251. The third kappa shape index (κ3) is 4.78. The number of aromatic nitrogens is 4. The van der Waals surface area contributed by atoms with Gasteiger partial charge >= 0.3 is 0 Å². The summed E-state index contributed by atoms with van der Waals surface area (Å²) in [5.41, 5.74) is 4.54. The highest BCUT2D eigenvalue weighted by atomic mass is 32.1. The van der Waals surface area contributed by atoms with Crippen LogP contribution < -0.4 is 0 Å². The SMILES string of the molecule is Cc1ccc(-c2nc3c(nc2-c2ccc(C)s2)C(=NC#N)c2nc(-c4ccc(C)s4)c(-c4ccc(C)s4)nc2C3=NC#N)s1. The molecule has 0 saturated carbocycles. The first-order valence-corrected chi connectivity index (χ1v) is 16.7. The largest absolute Gasteiger partial charge is 0.240 e. The number of aliphatic imine (C=N–C) groups is 2. The van der Waals surface area contributed by atoms with Gasteiger partial charge in [-0.25, -0.2) is 19.9 Å². The van der Waals surface area contributed by atoms with E-state index in [4.69, 9.17) is 19.9 Å². The summed E-state index contributed by atoms with van der Waals surface area (Å²) in [6.07, 6.45) is 3.90. The number of thiophene rings is 4. The van der Waals surface area contributed by atoms with Gasteiger partial charge in [0.25, 0.3) is 0 Å². The first kappa shape index (κ1) is 28.1. The van der Waals surface area contributed by atoms with Gasteiger partial charge in [0.15, 0.2) is 0 Å². The molecule has 0 spiro atoms. The van der Waals surface area contributed by atoms with E-state index in [0.717, 1.165) is 39.0 Å². The third-order valence-corrected chi connectivity index (χ3v) is 10.9. The topological polar surface area (TPSA) is 124 Å². The lowest BCUT2D eigenvalue weighted by Gasteiger charge is -2.22. The lowest BCUT2D eigenvalue weighted by Crippen LogP contribution is -2.28. The van der Waals surface area contributed by atoms with Gasteiger partial charge in [-0.2, -0.15) is 20.5 Å². The highest BCUT2D eigenvalue weighted by Gasteiger charge is 2.36. The summed E-state index contributed by atoms with van der Waals surface area (Å²) < 4.78 is 0. The summed E-state index contributed by atoms with van der Waals surface area (Å²) in [5.74, 6) is 0. The van der Waals surface area contributed by atoms with Crippen LogP contribution in [0.1, 0.15) is 42.3 Å². The zero-order chi connectivity index (χ0) is 30.5. The van der Waals surface area contributed by atoms with Crippen LogP contribution in [-0.4, -0.2) is 31.4 Å². The molecule has 0 unspecified atom stereocenters. The predicted molar refractivity (Wildman–Crippen MR) is 179 cm³/mol. The Bertz CT molecular complexity index is 1970. The van der Waals surface area contributed by atoms with Crippen LogP contribution in [-0.2, 0) is 0 Å². The Labute approximate surface area is 269 Å². The molecule has 0 saturated heterocycles. The van der Waals surface area contributed by atoms with Crippen LogP contribution in [0, 0.1) is 50.6 Å². The Hall–Kier alpha value is -4.72. The number of rotatable bonds is 4. The van der Waals surface area contributed by atoms with Crippen molar-refractivity contribution in [2.45, 2.75) is 27.7 Å². The van der Waals surface area contributed by atoms with Gasteiger partial charge < -0.3 is 0 Å². The number of hydrogen-bond acceptors (Lipinski definition) is 12. The predicted octanol–water partition coefficient (Wildman–Crippen LogP) is 8.36. The van der Waals surface area contributed by atoms with E-state index in [2.05, 4.69) is 9.98 Å². The maximum absolute atomic E-state index is 9.88. The van der Waals surface area contributed by atoms with Gasteiger partial charge in [0.2, 0.25) is 12.4 Å². The van der Waals surface area contributed by atoms with Crippen molar-refractivity contribution in [3.8, 4) is 54.7 Å².